The van der Waals surface area contributed by atoms with Gasteiger partial charge in [0.25, 0.3) is 0 Å². The fraction of sp³-hybridized carbons (Fsp3) is 0.875. The third-order valence-electron chi connectivity index (χ3n) is 3.00. The molecule has 10 heavy (non-hydrogen) atoms. The molecule has 2 heteroatoms. The van der Waals surface area contributed by atoms with Crippen molar-refractivity contribution in [3.05, 3.63) is 0 Å². The first-order chi connectivity index (χ1) is 4.77. The minimum absolute atomic E-state index is 0.0199. The molecule has 2 aliphatic carbocycles. The van der Waals surface area contributed by atoms with E-state index in [9.17, 15) is 9.18 Å². The van der Waals surface area contributed by atoms with E-state index < -0.39 is 0 Å². The Kier molecular flexibility index (Phi) is 1.14. The summed E-state index contributed by atoms with van der Waals surface area (Å²) in [6.45, 7) is -0.203. The zero-order valence-corrected chi connectivity index (χ0v) is 5.90. The van der Waals surface area contributed by atoms with Gasteiger partial charge < -0.3 is 0 Å². The first kappa shape index (κ1) is 6.32. The van der Waals surface area contributed by atoms with E-state index in [1.54, 1.807) is 0 Å². The summed E-state index contributed by atoms with van der Waals surface area (Å²) in [6, 6.07) is 0. The molecule has 0 radical (unpaired) electrons. The number of hydrogen-bond acceptors (Lipinski definition) is 1. The van der Waals surface area contributed by atoms with Crippen LogP contribution in [0.15, 0.2) is 0 Å². The number of ketones is 1. The maximum Gasteiger partial charge on any atom is 0.133 e. The molecule has 0 saturated heterocycles. The van der Waals surface area contributed by atoms with E-state index in [0.717, 1.165) is 12.8 Å². The molecule has 0 amide bonds. The molecule has 0 N–H and O–H groups in total. The maximum absolute atomic E-state index is 12.3. The monoisotopic (exact) mass is 142 g/mol. The minimum atomic E-state index is -0.203. The number of halogens is 1. The van der Waals surface area contributed by atoms with Crippen molar-refractivity contribution in [2.75, 3.05) is 6.67 Å². The van der Waals surface area contributed by atoms with Gasteiger partial charge in [-0.1, -0.05) is 0 Å². The van der Waals surface area contributed by atoms with Crippen LogP contribution in [0.5, 0.6) is 0 Å². The van der Waals surface area contributed by atoms with Gasteiger partial charge >= 0.3 is 0 Å². The lowest BCUT2D eigenvalue weighted by Crippen LogP contribution is -2.17. The van der Waals surface area contributed by atoms with E-state index in [4.69, 9.17) is 0 Å². The van der Waals surface area contributed by atoms with Crippen molar-refractivity contribution in [1.82, 2.24) is 0 Å². The molecule has 2 fully saturated rings. The number of carbonyl (C=O) groups excluding carboxylic acids is 1. The average molecular weight is 142 g/mol. The number of hydrogen-bond donors (Lipinski definition) is 0. The lowest BCUT2D eigenvalue weighted by Gasteiger charge is -2.16. The topological polar surface area (TPSA) is 17.1 Å². The van der Waals surface area contributed by atoms with Gasteiger partial charge in [0.1, 0.15) is 5.78 Å². The van der Waals surface area contributed by atoms with Crippen LogP contribution in [-0.4, -0.2) is 12.5 Å². The van der Waals surface area contributed by atoms with Crippen LogP contribution in [0.1, 0.15) is 25.7 Å². The molecule has 2 aliphatic rings. The van der Waals surface area contributed by atoms with Crippen LogP contribution >= 0.6 is 0 Å². The Balaban J connectivity index is 2.05. The van der Waals surface area contributed by atoms with Crippen LogP contribution in [0.4, 0.5) is 4.39 Å². The van der Waals surface area contributed by atoms with Crippen molar-refractivity contribution in [2.45, 2.75) is 25.7 Å². The van der Waals surface area contributed by atoms with Crippen molar-refractivity contribution in [3.8, 4) is 0 Å². The normalized spacial score (nSPS) is 44.9. The highest BCUT2D eigenvalue weighted by atomic mass is 19.1. The zero-order chi connectivity index (χ0) is 7.19. The molecule has 0 spiro atoms. The first-order valence-corrected chi connectivity index (χ1v) is 3.84. The van der Waals surface area contributed by atoms with E-state index in [1.165, 1.54) is 0 Å². The molecule has 0 aromatic rings. The Morgan fingerprint density at radius 1 is 1.70 bits per heavy atom. The summed E-state index contributed by atoms with van der Waals surface area (Å²) in [5.74, 6) is 0.755. The second-order valence-electron chi connectivity index (χ2n) is 3.64. The molecule has 2 saturated carbocycles. The predicted octanol–water partition coefficient (Wildman–Crippen LogP) is 1.72. The van der Waals surface area contributed by atoms with Gasteiger partial charge in [0.05, 0.1) is 6.67 Å². The minimum Gasteiger partial charge on any atom is -0.300 e. The third kappa shape index (κ3) is 0.710. The van der Waals surface area contributed by atoms with Gasteiger partial charge in [-0.3, -0.25) is 9.18 Å². The van der Waals surface area contributed by atoms with E-state index in [0.29, 0.717) is 24.5 Å². The molecule has 0 aliphatic heterocycles. The molecule has 56 valence electrons. The summed E-state index contributed by atoms with van der Waals surface area (Å²) >= 11 is 0. The zero-order valence-electron chi connectivity index (χ0n) is 5.90. The lowest BCUT2D eigenvalue weighted by atomic mass is 9.89. The quantitative estimate of drug-likeness (QED) is 0.544. The van der Waals surface area contributed by atoms with Gasteiger partial charge in [0.15, 0.2) is 0 Å². The van der Waals surface area contributed by atoms with Crippen LogP contribution in [-0.2, 0) is 4.79 Å². The van der Waals surface area contributed by atoms with Crippen LogP contribution in [0.2, 0.25) is 0 Å². The fourth-order valence-electron chi connectivity index (χ4n) is 2.02. The predicted molar refractivity (Wildman–Crippen MR) is 35.4 cm³/mol. The van der Waals surface area contributed by atoms with Crippen molar-refractivity contribution < 1.29 is 9.18 Å². The highest BCUT2D eigenvalue weighted by molar-refractivity contribution is 5.80. The van der Waals surface area contributed by atoms with Gasteiger partial charge in [-0.2, -0.15) is 0 Å². The van der Waals surface area contributed by atoms with Gasteiger partial charge in [-0.05, 0) is 18.8 Å². The second kappa shape index (κ2) is 1.80. The van der Waals surface area contributed by atoms with E-state index in [2.05, 4.69) is 0 Å². The van der Waals surface area contributed by atoms with Crippen molar-refractivity contribution in [2.24, 2.45) is 11.3 Å². The molecular formula is C8H11FO. The Morgan fingerprint density at radius 3 is 3.10 bits per heavy atom. The SMILES string of the molecule is O=C1CCC2(CF)CC2C1. The van der Waals surface area contributed by atoms with Crippen molar-refractivity contribution >= 4 is 5.78 Å². The molecule has 2 rings (SSSR count). The molecule has 2 unspecified atom stereocenters. The molecule has 0 aromatic heterocycles. The first-order valence-electron chi connectivity index (χ1n) is 3.84. The second-order valence-corrected chi connectivity index (χ2v) is 3.64. The number of Topliss-reactive ketones (excluding diaryl/α,β-unsaturated/α-hetero) is 1. The Hall–Kier alpha value is -0.400. The molecule has 1 nitrogen and oxygen atoms in total. The van der Waals surface area contributed by atoms with Crippen LogP contribution < -0.4 is 0 Å². The molecular weight excluding hydrogens is 131 g/mol. The summed E-state index contributed by atoms with van der Waals surface area (Å²) in [5, 5.41) is 0. The van der Waals surface area contributed by atoms with E-state index in [-0.39, 0.29) is 12.1 Å². The summed E-state index contributed by atoms with van der Waals surface area (Å²) < 4.78 is 12.3. The van der Waals surface area contributed by atoms with Crippen molar-refractivity contribution in [1.29, 1.82) is 0 Å². The van der Waals surface area contributed by atoms with Gasteiger partial charge in [0, 0.05) is 18.3 Å². The highest BCUT2D eigenvalue weighted by Gasteiger charge is 2.56. The summed E-state index contributed by atoms with van der Waals surface area (Å²) in [4.78, 5) is 10.8. The van der Waals surface area contributed by atoms with Gasteiger partial charge in [0.2, 0.25) is 0 Å². The molecule has 0 aromatic carbocycles. The Bertz CT molecular complexity index is 178. The van der Waals surface area contributed by atoms with Gasteiger partial charge in [-0.15, -0.1) is 0 Å². The largest absolute Gasteiger partial charge is 0.300 e. The maximum atomic E-state index is 12.3. The van der Waals surface area contributed by atoms with Crippen molar-refractivity contribution in [3.63, 3.8) is 0 Å². The Labute approximate surface area is 59.6 Å². The van der Waals surface area contributed by atoms with Crippen LogP contribution in [0, 0.1) is 11.3 Å². The summed E-state index contributed by atoms with van der Waals surface area (Å²) in [5.41, 5.74) is -0.0199. The molecule has 2 atom stereocenters. The van der Waals surface area contributed by atoms with Crippen LogP contribution in [0.25, 0.3) is 0 Å². The standard InChI is InChI=1S/C8H11FO/c9-5-8-2-1-7(10)3-6(8)4-8/h6H,1-5H2. The lowest BCUT2D eigenvalue weighted by molar-refractivity contribution is -0.121. The number of alkyl halides is 1. The fourth-order valence-corrected chi connectivity index (χ4v) is 2.02. The Morgan fingerprint density at radius 2 is 2.50 bits per heavy atom. The van der Waals surface area contributed by atoms with E-state index >= 15 is 0 Å². The third-order valence-corrected chi connectivity index (χ3v) is 3.00. The average Bonchev–Trinajstić information content (AvgIpc) is 2.62. The molecule has 0 bridgehead atoms. The summed E-state index contributed by atoms with van der Waals surface area (Å²) in [7, 11) is 0. The molecule has 0 heterocycles. The highest BCUT2D eigenvalue weighted by Crippen LogP contribution is 2.60. The van der Waals surface area contributed by atoms with Crippen LogP contribution in [0.3, 0.4) is 0 Å². The number of fused-ring (bicyclic) bond motifs is 1. The number of rotatable bonds is 1. The van der Waals surface area contributed by atoms with Gasteiger partial charge in [-0.25, -0.2) is 0 Å². The van der Waals surface area contributed by atoms with E-state index in [1.807, 2.05) is 0 Å². The smallest absolute Gasteiger partial charge is 0.133 e. The number of carbonyl (C=O) groups is 1. The summed E-state index contributed by atoms with van der Waals surface area (Å²) in [6.07, 6.45) is 3.06.